The SMILES string of the molecule is C[C@]12CCC[C@@]3(CO3)[C@H]1C[C@H]1[C@@H](C2)OC(=O)[C@@H]1CN(CCO)Cc1ccccc1. The van der Waals surface area contributed by atoms with E-state index in [0.29, 0.717) is 19.0 Å². The Morgan fingerprint density at radius 1 is 1.24 bits per heavy atom. The van der Waals surface area contributed by atoms with Gasteiger partial charge < -0.3 is 14.6 Å². The molecule has 1 aromatic carbocycles. The number of aliphatic hydroxyl groups excluding tert-OH is 1. The molecule has 2 saturated heterocycles. The number of fused-ring (bicyclic) bond motifs is 3. The minimum Gasteiger partial charge on any atom is -0.462 e. The summed E-state index contributed by atoms with van der Waals surface area (Å²) in [7, 11) is 0. The van der Waals surface area contributed by atoms with Gasteiger partial charge in [0.05, 0.1) is 24.7 Å². The first-order chi connectivity index (χ1) is 14.0. The van der Waals surface area contributed by atoms with Crippen LogP contribution in [0.4, 0.5) is 0 Å². The van der Waals surface area contributed by atoms with Crippen LogP contribution < -0.4 is 0 Å². The predicted molar refractivity (Wildman–Crippen MR) is 109 cm³/mol. The summed E-state index contributed by atoms with van der Waals surface area (Å²) in [6.45, 7) is 5.37. The Hall–Kier alpha value is -1.43. The largest absolute Gasteiger partial charge is 0.462 e. The standard InChI is InChI=1S/C24H33NO4/c1-23-8-5-9-24(16-28-24)21(23)12-18-19(22(27)29-20(18)13-23)15-25(10-11-26)14-17-6-3-2-4-7-17/h2-4,6-7,18-21,26H,5,8-16H2,1H3/t18-,19-,20-,21+,23-,24-/m1/s1. The molecule has 5 heteroatoms. The van der Waals surface area contributed by atoms with E-state index < -0.39 is 0 Å². The first kappa shape index (κ1) is 19.5. The third-order valence-corrected chi connectivity index (χ3v) is 8.20. The zero-order valence-electron chi connectivity index (χ0n) is 17.4. The van der Waals surface area contributed by atoms with Gasteiger partial charge in [0.25, 0.3) is 0 Å². The summed E-state index contributed by atoms with van der Waals surface area (Å²) < 4.78 is 12.0. The number of esters is 1. The van der Waals surface area contributed by atoms with E-state index in [0.717, 1.165) is 26.0 Å². The molecule has 2 aliphatic carbocycles. The monoisotopic (exact) mass is 399 g/mol. The average Bonchev–Trinajstić information content (AvgIpc) is 3.40. The van der Waals surface area contributed by atoms with Gasteiger partial charge in [0.15, 0.2) is 0 Å². The molecule has 0 amide bonds. The van der Waals surface area contributed by atoms with Gasteiger partial charge in [0.1, 0.15) is 6.10 Å². The molecule has 0 radical (unpaired) electrons. The van der Waals surface area contributed by atoms with E-state index >= 15 is 0 Å². The molecule has 4 fully saturated rings. The molecule has 1 aromatic rings. The number of hydrogen-bond acceptors (Lipinski definition) is 5. The van der Waals surface area contributed by atoms with E-state index in [9.17, 15) is 9.90 Å². The molecule has 158 valence electrons. The number of epoxide rings is 1. The Morgan fingerprint density at radius 3 is 2.76 bits per heavy atom. The van der Waals surface area contributed by atoms with Gasteiger partial charge in [-0.1, -0.05) is 37.3 Å². The topological polar surface area (TPSA) is 62.3 Å². The van der Waals surface area contributed by atoms with E-state index in [1.165, 1.54) is 24.8 Å². The minimum absolute atomic E-state index is 0.0380. The highest BCUT2D eigenvalue weighted by Crippen LogP contribution is 2.62. The smallest absolute Gasteiger partial charge is 0.310 e. The van der Waals surface area contributed by atoms with Gasteiger partial charge in [0.2, 0.25) is 0 Å². The lowest BCUT2D eigenvalue weighted by Crippen LogP contribution is -2.51. The third-order valence-electron chi connectivity index (χ3n) is 8.20. The predicted octanol–water partition coefficient (Wildman–Crippen LogP) is 3.01. The Labute approximate surface area is 173 Å². The number of rotatable bonds is 6. The second kappa shape index (κ2) is 7.36. The van der Waals surface area contributed by atoms with Crippen molar-refractivity contribution in [3.8, 4) is 0 Å². The summed E-state index contributed by atoms with van der Waals surface area (Å²) in [5, 5.41) is 9.58. The maximum Gasteiger partial charge on any atom is 0.310 e. The summed E-state index contributed by atoms with van der Waals surface area (Å²) in [5.41, 5.74) is 1.53. The quantitative estimate of drug-likeness (QED) is 0.589. The fraction of sp³-hybridized carbons (Fsp3) is 0.708. The zero-order valence-corrected chi connectivity index (χ0v) is 17.4. The molecule has 0 bridgehead atoms. The Balaban J connectivity index is 1.33. The van der Waals surface area contributed by atoms with Crippen molar-refractivity contribution < 1.29 is 19.4 Å². The van der Waals surface area contributed by atoms with Gasteiger partial charge in [-0.05, 0) is 49.0 Å². The molecule has 5 rings (SSSR count). The van der Waals surface area contributed by atoms with Crippen LogP contribution in [0, 0.1) is 23.2 Å². The fourth-order valence-corrected chi connectivity index (χ4v) is 6.66. The van der Waals surface area contributed by atoms with Crippen LogP contribution in [0.3, 0.4) is 0 Å². The van der Waals surface area contributed by atoms with Crippen LogP contribution in [-0.4, -0.2) is 54.0 Å². The summed E-state index contributed by atoms with van der Waals surface area (Å²) in [6, 6.07) is 10.3. The molecule has 0 unspecified atom stereocenters. The van der Waals surface area contributed by atoms with Crippen LogP contribution in [-0.2, 0) is 20.8 Å². The van der Waals surface area contributed by atoms with Gasteiger partial charge in [-0.2, -0.15) is 0 Å². The molecular weight excluding hydrogens is 366 g/mol. The molecular formula is C24H33NO4. The van der Waals surface area contributed by atoms with Crippen LogP contribution in [0.15, 0.2) is 30.3 Å². The Kier molecular flexibility index (Phi) is 4.96. The second-order valence-corrected chi connectivity index (χ2v) is 10.0. The van der Waals surface area contributed by atoms with E-state index in [2.05, 4.69) is 24.0 Å². The van der Waals surface area contributed by atoms with E-state index in [1.807, 2.05) is 18.2 Å². The van der Waals surface area contributed by atoms with Crippen molar-refractivity contribution in [2.75, 3.05) is 26.3 Å². The Morgan fingerprint density at radius 2 is 2.03 bits per heavy atom. The van der Waals surface area contributed by atoms with Crippen molar-refractivity contribution >= 4 is 5.97 Å². The molecule has 1 N–H and O–H groups in total. The number of ether oxygens (including phenoxy) is 2. The molecule has 1 spiro atoms. The summed E-state index contributed by atoms with van der Waals surface area (Å²) >= 11 is 0. The maximum atomic E-state index is 12.9. The number of nitrogens with zero attached hydrogens (tertiary/aromatic N) is 1. The number of carbonyl (C=O) groups is 1. The molecule has 0 aromatic heterocycles. The highest BCUT2D eigenvalue weighted by molar-refractivity contribution is 5.75. The number of carbonyl (C=O) groups excluding carboxylic acids is 1. The highest BCUT2D eigenvalue weighted by Gasteiger charge is 2.65. The molecule has 5 nitrogen and oxygen atoms in total. The van der Waals surface area contributed by atoms with Crippen LogP contribution in [0.1, 0.15) is 44.6 Å². The highest BCUT2D eigenvalue weighted by atomic mass is 16.6. The first-order valence-corrected chi connectivity index (χ1v) is 11.2. The minimum atomic E-state index is -0.0995. The van der Waals surface area contributed by atoms with Crippen LogP contribution in [0.25, 0.3) is 0 Å². The van der Waals surface area contributed by atoms with Gasteiger partial charge in [-0.25, -0.2) is 0 Å². The van der Waals surface area contributed by atoms with Gasteiger partial charge in [0, 0.05) is 25.6 Å². The van der Waals surface area contributed by atoms with E-state index in [4.69, 9.17) is 9.47 Å². The number of aliphatic hydroxyl groups is 1. The molecule has 4 aliphatic rings. The molecule has 29 heavy (non-hydrogen) atoms. The number of benzene rings is 1. The number of hydrogen-bond donors (Lipinski definition) is 1. The van der Waals surface area contributed by atoms with E-state index in [-0.39, 0.29) is 41.5 Å². The van der Waals surface area contributed by atoms with Crippen LogP contribution in [0.5, 0.6) is 0 Å². The fourth-order valence-electron chi connectivity index (χ4n) is 6.66. The van der Waals surface area contributed by atoms with Gasteiger partial charge >= 0.3 is 5.97 Å². The lowest BCUT2D eigenvalue weighted by atomic mass is 9.53. The second-order valence-electron chi connectivity index (χ2n) is 10.0. The molecule has 6 atom stereocenters. The molecule has 2 aliphatic heterocycles. The van der Waals surface area contributed by atoms with Crippen molar-refractivity contribution in [1.82, 2.24) is 4.90 Å². The molecule has 2 heterocycles. The normalized spacial score (nSPS) is 40.6. The van der Waals surface area contributed by atoms with Gasteiger partial charge in [-0.3, -0.25) is 9.69 Å². The summed E-state index contributed by atoms with van der Waals surface area (Å²) in [5.74, 6) is 0.681. The lowest BCUT2D eigenvalue weighted by molar-refractivity contribution is -0.147. The van der Waals surface area contributed by atoms with Crippen LogP contribution in [0.2, 0.25) is 0 Å². The van der Waals surface area contributed by atoms with Crippen molar-refractivity contribution in [3.63, 3.8) is 0 Å². The summed E-state index contributed by atoms with van der Waals surface area (Å²) in [4.78, 5) is 15.1. The summed E-state index contributed by atoms with van der Waals surface area (Å²) in [6.07, 6.45) is 5.69. The lowest BCUT2D eigenvalue weighted by Gasteiger charge is -2.51. The first-order valence-electron chi connectivity index (χ1n) is 11.2. The maximum absolute atomic E-state index is 12.9. The van der Waals surface area contributed by atoms with E-state index in [1.54, 1.807) is 0 Å². The molecule has 2 saturated carbocycles. The van der Waals surface area contributed by atoms with Crippen molar-refractivity contribution in [3.05, 3.63) is 35.9 Å². The van der Waals surface area contributed by atoms with Crippen LogP contribution >= 0.6 is 0 Å². The van der Waals surface area contributed by atoms with Gasteiger partial charge in [-0.15, -0.1) is 0 Å². The Bertz CT molecular complexity index is 749. The van der Waals surface area contributed by atoms with Crippen molar-refractivity contribution in [2.24, 2.45) is 23.2 Å². The zero-order chi connectivity index (χ0) is 20.1. The third kappa shape index (κ3) is 3.51. The van der Waals surface area contributed by atoms with Crippen molar-refractivity contribution in [1.29, 1.82) is 0 Å². The van der Waals surface area contributed by atoms with Crippen molar-refractivity contribution in [2.45, 2.75) is 57.3 Å². The average molecular weight is 400 g/mol.